The molecular weight excluding hydrogens is 402 g/mol. The number of unbranched alkanes of at least 4 members (excludes halogenated alkanes) is 4. The molecule has 2 aromatic heterocycles. The number of anilines is 1. The summed E-state index contributed by atoms with van der Waals surface area (Å²) in [6.07, 6.45) is 2.45. The van der Waals surface area contributed by atoms with Crippen molar-refractivity contribution >= 4 is 23.0 Å². The Morgan fingerprint density at radius 2 is 2.10 bits per heavy atom. The van der Waals surface area contributed by atoms with Crippen molar-refractivity contribution in [1.29, 1.82) is 0 Å². The molecule has 2 amide bonds. The topological polar surface area (TPSA) is 160 Å². The van der Waals surface area contributed by atoms with E-state index in [1.807, 2.05) is 0 Å². The minimum atomic E-state index is -1.25. The number of hydrogen-bond donors (Lipinski definition) is 5. The van der Waals surface area contributed by atoms with Gasteiger partial charge in [0.1, 0.15) is 23.8 Å². The van der Waals surface area contributed by atoms with Gasteiger partial charge in [0.25, 0.3) is 0 Å². The summed E-state index contributed by atoms with van der Waals surface area (Å²) >= 11 is 0. The van der Waals surface area contributed by atoms with Gasteiger partial charge in [-0.2, -0.15) is 0 Å². The molecular formula is C20H29N7O4. The Labute approximate surface area is 180 Å². The summed E-state index contributed by atoms with van der Waals surface area (Å²) < 4.78 is 7.29. The van der Waals surface area contributed by atoms with Crippen LogP contribution in [0.15, 0.2) is 6.33 Å². The number of fused-ring (bicyclic) bond motifs is 1. The van der Waals surface area contributed by atoms with E-state index < -0.39 is 30.6 Å². The molecule has 1 saturated heterocycles. The predicted octanol–water partition coefficient (Wildman–Crippen LogP) is 0.279. The molecule has 3 rings (SSSR count). The third-order valence-electron chi connectivity index (χ3n) is 5.11. The monoisotopic (exact) mass is 431 g/mol. The van der Waals surface area contributed by atoms with Gasteiger partial charge in [0.2, 0.25) is 5.82 Å². The molecule has 2 aromatic rings. The normalized spacial score (nSPS) is 22.8. The largest absolute Gasteiger partial charge is 0.387 e. The van der Waals surface area contributed by atoms with E-state index in [-0.39, 0.29) is 18.2 Å². The first-order chi connectivity index (χ1) is 15.0. The van der Waals surface area contributed by atoms with E-state index in [0.717, 1.165) is 19.3 Å². The van der Waals surface area contributed by atoms with Crippen LogP contribution in [0, 0.1) is 11.8 Å². The van der Waals surface area contributed by atoms with E-state index in [9.17, 15) is 15.0 Å². The highest BCUT2D eigenvalue weighted by Crippen LogP contribution is 2.31. The van der Waals surface area contributed by atoms with Gasteiger partial charge >= 0.3 is 6.03 Å². The van der Waals surface area contributed by atoms with E-state index in [1.54, 1.807) is 0 Å². The van der Waals surface area contributed by atoms with Crippen molar-refractivity contribution in [3.63, 3.8) is 0 Å². The first kappa shape index (κ1) is 22.7. The number of aliphatic hydroxyl groups excluding tert-OH is 2. The van der Waals surface area contributed by atoms with Gasteiger partial charge in [-0.05, 0) is 12.3 Å². The van der Waals surface area contributed by atoms with Crippen LogP contribution in [0.2, 0.25) is 0 Å². The fourth-order valence-electron chi connectivity index (χ4n) is 3.37. The molecule has 31 heavy (non-hydrogen) atoms. The summed E-state index contributed by atoms with van der Waals surface area (Å²) in [4.78, 5) is 24.2. The van der Waals surface area contributed by atoms with Crippen LogP contribution in [0.1, 0.15) is 51.1 Å². The van der Waals surface area contributed by atoms with Crippen LogP contribution in [0.5, 0.6) is 0 Å². The molecule has 4 atom stereocenters. The second kappa shape index (κ2) is 10.4. The zero-order valence-corrected chi connectivity index (χ0v) is 17.7. The van der Waals surface area contributed by atoms with E-state index >= 15 is 0 Å². The maximum atomic E-state index is 11.4. The zero-order chi connectivity index (χ0) is 22.4. The number of nitrogens with one attached hydrogen (secondary N) is 2. The summed E-state index contributed by atoms with van der Waals surface area (Å²) in [5.41, 5.74) is 6.72. The van der Waals surface area contributed by atoms with E-state index in [4.69, 9.17) is 10.5 Å². The minimum Gasteiger partial charge on any atom is -0.387 e. The highest BCUT2D eigenvalue weighted by Gasteiger charge is 2.44. The summed E-state index contributed by atoms with van der Waals surface area (Å²) in [5, 5.41) is 25.8. The van der Waals surface area contributed by atoms with Crippen LogP contribution in [0.4, 0.5) is 10.6 Å². The SMILES string of the molecule is CCCCCCC#Cc1nc(N)c2ncn([C@@H]3O[C@H](CNC(=O)NC)C(O)C3O)c2n1. The molecule has 1 aliphatic rings. The van der Waals surface area contributed by atoms with Gasteiger partial charge < -0.3 is 31.3 Å². The second-order valence-electron chi connectivity index (χ2n) is 7.38. The van der Waals surface area contributed by atoms with Crippen LogP contribution >= 0.6 is 0 Å². The predicted molar refractivity (Wildman–Crippen MR) is 114 cm³/mol. The van der Waals surface area contributed by atoms with Crippen molar-refractivity contribution in [2.45, 2.75) is 63.6 Å². The van der Waals surface area contributed by atoms with Gasteiger partial charge in [-0.1, -0.05) is 32.1 Å². The number of imidazole rings is 1. The van der Waals surface area contributed by atoms with Crippen molar-refractivity contribution < 1.29 is 19.7 Å². The number of hydrogen-bond acceptors (Lipinski definition) is 8. The molecule has 6 N–H and O–H groups in total. The molecule has 1 fully saturated rings. The molecule has 11 heteroatoms. The second-order valence-corrected chi connectivity index (χ2v) is 7.38. The van der Waals surface area contributed by atoms with Crippen LogP contribution in [0.25, 0.3) is 11.2 Å². The van der Waals surface area contributed by atoms with Crippen molar-refractivity contribution in [1.82, 2.24) is 30.2 Å². The zero-order valence-electron chi connectivity index (χ0n) is 17.7. The smallest absolute Gasteiger partial charge is 0.314 e. The Morgan fingerprint density at radius 1 is 1.29 bits per heavy atom. The van der Waals surface area contributed by atoms with Crippen molar-refractivity contribution in [3.8, 4) is 11.8 Å². The number of amides is 2. The third-order valence-corrected chi connectivity index (χ3v) is 5.11. The summed E-state index contributed by atoms with van der Waals surface area (Å²) in [5.74, 6) is 6.42. The summed E-state index contributed by atoms with van der Waals surface area (Å²) in [7, 11) is 1.48. The van der Waals surface area contributed by atoms with Gasteiger partial charge in [0.05, 0.1) is 6.33 Å². The molecule has 0 aliphatic carbocycles. The van der Waals surface area contributed by atoms with Gasteiger partial charge in [-0.25, -0.2) is 19.7 Å². The quantitative estimate of drug-likeness (QED) is 0.309. The van der Waals surface area contributed by atoms with Crippen molar-refractivity contribution in [3.05, 3.63) is 12.2 Å². The average Bonchev–Trinajstić information content (AvgIpc) is 3.30. The van der Waals surface area contributed by atoms with Gasteiger partial charge in [-0.3, -0.25) is 4.57 Å². The number of urea groups is 1. The van der Waals surface area contributed by atoms with E-state index in [2.05, 4.69) is 44.4 Å². The maximum Gasteiger partial charge on any atom is 0.314 e. The highest BCUT2D eigenvalue weighted by atomic mass is 16.6. The lowest BCUT2D eigenvalue weighted by atomic mass is 10.1. The number of ether oxygens (including phenoxy) is 1. The molecule has 1 aliphatic heterocycles. The first-order valence-corrected chi connectivity index (χ1v) is 10.4. The number of nitrogens with two attached hydrogens (primary N) is 1. The Kier molecular flexibility index (Phi) is 7.62. The summed E-state index contributed by atoms with van der Waals surface area (Å²) in [6, 6.07) is -0.416. The van der Waals surface area contributed by atoms with Crippen molar-refractivity contribution in [2.75, 3.05) is 19.3 Å². The Hall–Kier alpha value is -2.94. The van der Waals surface area contributed by atoms with Crippen LogP contribution in [-0.2, 0) is 4.74 Å². The fourth-order valence-corrected chi connectivity index (χ4v) is 3.37. The fraction of sp³-hybridized carbons (Fsp3) is 0.600. The first-order valence-electron chi connectivity index (χ1n) is 10.4. The van der Waals surface area contributed by atoms with E-state index in [1.165, 1.54) is 30.8 Å². The molecule has 0 saturated carbocycles. The van der Waals surface area contributed by atoms with Crippen molar-refractivity contribution in [2.24, 2.45) is 0 Å². The number of rotatable bonds is 7. The highest BCUT2D eigenvalue weighted by molar-refractivity contribution is 5.82. The Morgan fingerprint density at radius 3 is 2.84 bits per heavy atom. The van der Waals surface area contributed by atoms with Gasteiger partial charge in [0, 0.05) is 20.0 Å². The molecule has 3 heterocycles. The van der Waals surface area contributed by atoms with Gasteiger partial charge in [-0.15, -0.1) is 0 Å². The van der Waals surface area contributed by atoms with Crippen LogP contribution < -0.4 is 16.4 Å². The van der Waals surface area contributed by atoms with Crippen LogP contribution in [-0.4, -0.2) is 67.7 Å². The number of nitrogens with zero attached hydrogens (tertiary/aromatic N) is 4. The molecule has 0 bridgehead atoms. The molecule has 11 nitrogen and oxygen atoms in total. The molecule has 0 radical (unpaired) electrons. The lowest BCUT2D eigenvalue weighted by molar-refractivity contribution is -0.0335. The molecule has 0 aromatic carbocycles. The minimum absolute atomic E-state index is 0.0207. The van der Waals surface area contributed by atoms with Crippen LogP contribution in [0.3, 0.4) is 0 Å². The Bertz CT molecular complexity index is 968. The Balaban J connectivity index is 1.78. The molecule has 168 valence electrons. The number of aromatic nitrogens is 4. The summed E-state index contributed by atoms with van der Waals surface area (Å²) in [6.45, 7) is 2.18. The number of nitrogen functional groups attached to an aromatic ring is 1. The molecule has 2 unspecified atom stereocenters. The lowest BCUT2D eigenvalue weighted by Gasteiger charge is -2.16. The number of carbonyl (C=O) groups excluding carboxylic acids is 1. The van der Waals surface area contributed by atoms with E-state index in [0.29, 0.717) is 11.2 Å². The number of carbonyl (C=O) groups is 1. The average molecular weight is 431 g/mol. The molecule has 0 spiro atoms. The van der Waals surface area contributed by atoms with Gasteiger partial charge in [0.15, 0.2) is 17.7 Å². The third kappa shape index (κ3) is 5.22. The lowest BCUT2D eigenvalue weighted by Crippen LogP contribution is -2.42. The number of aliphatic hydroxyl groups is 2. The standard InChI is InChI=1S/C20H29N7O4/c1-3-4-5-6-7-8-9-13-25-17(21)14-18(26-13)27(11-24-14)19-16(29)15(28)12(31-19)10-23-20(30)22-2/h11-12,15-16,19,28-29H,3-7,10H2,1-2H3,(H2,21,25,26)(H2,22,23,30)/t12-,15?,16?,19-/m1/s1. The maximum absolute atomic E-state index is 11.4.